The van der Waals surface area contributed by atoms with Crippen molar-refractivity contribution in [1.29, 1.82) is 0 Å². The summed E-state index contributed by atoms with van der Waals surface area (Å²) in [5.41, 5.74) is 11.0. The smallest absolute Gasteiger partial charge is 0.184 e. The minimum atomic E-state index is 0.263. The van der Waals surface area contributed by atoms with Crippen molar-refractivity contribution in [1.82, 2.24) is 5.43 Å². The Morgan fingerprint density at radius 3 is 2.82 bits per heavy atom. The van der Waals surface area contributed by atoms with E-state index in [1.54, 1.807) is 5.57 Å². The molecule has 3 nitrogen and oxygen atoms in total. The average Bonchev–Trinajstić information content (AvgIpc) is 2.38. The molecule has 0 saturated heterocycles. The Morgan fingerprint density at radius 2 is 2.12 bits per heavy atom. The van der Waals surface area contributed by atoms with E-state index in [1.807, 2.05) is 0 Å². The summed E-state index contributed by atoms with van der Waals surface area (Å²) in [5, 5.41) is 4.66. The highest BCUT2D eigenvalue weighted by molar-refractivity contribution is 7.80. The van der Waals surface area contributed by atoms with E-state index in [9.17, 15) is 0 Å². The Bertz CT molecular complexity index is 347. The summed E-state index contributed by atoms with van der Waals surface area (Å²) < 4.78 is 0. The number of rotatable bonds is 2. The van der Waals surface area contributed by atoms with E-state index >= 15 is 0 Å². The molecule has 1 saturated carbocycles. The van der Waals surface area contributed by atoms with Crippen molar-refractivity contribution < 1.29 is 0 Å². The normalized spacial score (nSPS) is 27.6. The fourth-order valence-corrected chi connectivity index (χ4v) is 2.88. The molecule has 0 aliphatic heterocycles. The van der Waals surface area contributed by atoms with Gasteiger partial charge < -0.3 is 5.73 Å². The highest BCUT2D eigenvalue weighted by atomic mass is 32.1. The van der Waals surface area contributed by atoms with Crippen LogP contribution in [-0.4, -0.2) is 10.8 Å². The Balaban J connectivity index is 2.08. The molecule has 2 aliphatic carbocycles. The lowest BCUT2D eigenvalue weighted by atomic mass is 9.78. The topological polar surface area (TPSA) is 50.4 Å². The second-order valence-electron chi connectivity index (χ2n) is 4.90. The van der Waals surface area contributed by atoms with Crippen LogP contribution in [0.25, 0.3) is 0 Å². The maximum Gasteiger partial charge on any atom is 0.184 e. The monoisotopic (exact) mass is 251 g/mol. The van der Waals surface area contributed by atoms with E-state index in [1.165, 1.54) is 50.7 Å². The Morgan fingerprint density at radius 1 is 1.29 bits per heavy atom. The van der Waals surface area contributed by atoms with Crippen molar-refractivity contribution in [3.05, 3.63) is 11.6 Å². The van der Waals surface area contributed by atoms with Gasteiger partial charge in [0, 0.05) is 11.6 Å². The summed E-state index contributed by atoms with van der Waals surface area (Å²) in [6.07, 6.45) is 12.5. The lowest BCUT2D eigenvalue weighted by Gasteiger charge is -2.28. The molecular formula is C13H21N3S. The molecule has 0 aromatic carbocycles. The summed E-state index contributed by atoms with van der Waals surface area (Å²) in [6.45, 7) is 0. The molecule has 0 amide bonds. The van der Waals surface area contributed by atoms with Crippen molar-refractivity contribution in [3.63, 3.8) is 0 Å². The zero-order valence-electron chi connectivity index (χ0n) is 10.2. The largest absolute Gasteiger partial charge is 0.375 e. The van der Waals surface area contributed by atoms with Crippen LogP contribution in [0.1, 0.15) is 51.4 Å². The lowest BCUT2D eigenvalue weighted by molar-refractivity contribution is 0.538. The summed E-state index contributed by atoms with van der Waals surface area (Å²) >= 11 is 4.80. The van der Waals surface area contributed by atoms with Crippen molar-refractivity contribution in [2.45, 2.75) is 51.4 Å². The summed E-state index contributed by atoms with van der Waals surface area (Å²) in [7, 11) is 0. The van der Waals surface area contributed by atoms with Crippen molar-refractivity contribution in [2.24, 2.45) is 16.8 Å². The minimum Gasteiger partial charge on any atom is -0.375 e. The lowest BCUT2D eigenvalue weighted by Crippen LogP contribution is -2.29. The van der Waals surface area contributed by atoms with Crippen LogP contribution in [0.2, 0.25) is 0 Å². The maximum absolute atomic E-state index is 5.43. The van der Waals surface area contributed by atoms with Gasteiger partial charge in [-0.1, -0.05) is 18.1 Å². The Kier molecular flexibility index (Phi) is 4.54. The Hall–Kier alpha value is -0.900. The number of nitrogens with zero attached hydrogens (tertiary/aromatic N) is 1. The van der Waals surface area contributed by atoms with Crippen LogP contribution in [0.4, 0.5) is 0 Å². The van der Waals surface area contributed by atoms with Crippen molar-refractivity contribution >= 4 is 23.0 Å². The molecule has 0 aromatic heterocycles. The van der Waals surface area contributed by atoms with Crippen LogP contribution in [-0.2, 0) is 0 Å². The molecule has 2 rings (SSSR count). The third-order valence-electron chi connectivity index (χ3n) is 3.66. The summed E-state index contributed by atoms with van der Waals surface area (Å²) in [5.74, 6) is 0.547. The molecule has 1 atom stereocenters. The first-order valence-corrected chi connectivity index (χ1v) is 6.99. The van der Waals surface area contributed by atoms with E-state index in [0.29, 0.717) is 5.92 Å². The van der Waals surface area contributed by atoms with Crippen molar-refractivity contribution in [3.8, 4) is 0 Å². The molecule has 4 heteroatoms. The molecule has 0 heterocycles. The van der Waals surface area contributed by atoms with Crippen LogP contribution in [0.3, 0.4) is 0 Å². The quantitative estimate of drug-likeness (QED) is 0.451. The first-order valence-electron chi connectivity index (χ1n) is 6.58. The van der Waals surface area contributed by atoms with Crippen molar-refractivity contribution in [2.75, 3.05) is 0 Å². The van der Waals surface area contributed by atoms with Gasteiger partial charge in [-0.15, -0.1) is 0 Å². The first kappa shape index (κ1) is 12.6. The summed E-state index contributed by atoms with van der Waals surface area (Å²) in [4.78, 5) is 0. The molecule has 0 radical (unpaired) electrons. The second kappa shape index (κ2) is 6.15. The standard InChI is InChI=1S/C13H21N3S/c14-13(17)16-15-12-9-5-4-8-11(12)10-6-2-1-3-7-10/h6,11H,1-5,7-9H2,(H3,14,16,17)/b15-12-/t11-/m0/s1. The predicted molar refractivity (Wildman–Crippen MR) is 75.9 cm³/mol. The molecule has 94 valence electrons. The fraction of sp³-hybridized carbons (Fsp3) is 0.692. The number of thiocarbonyl (C=S) groups is 1. The van der Waals surface area contributed by atoms with Crippen LogP contribution >= 0.6 is 12.2 Å². The van der Waals surface area contributed by atoms with Gasteiger partial charge in [0.1, 0.15) is 0 Å². The van der Waals surface area contributed by atoms with Gasteiger partial charge in [0.05, 0.1) is 0 Å². The molecule has 3 N–H and O–H groups in total. The number of hydrogen-bond acceptors (Lipinski definition) is 2. The van der Waals surface area contributed by atoms with E-state index < -0.39 is 0 Å². The number of hydrogen-bond donors (Lipinski definition) is 2. The van der Waals surface area contributed by atoms with Gasteiger partial charge in [-0.25, -0.2) is 0 Å². The third kappa shape index (κ3) is 3.53. The molecule has 0 unspecified atom stereocenters. The van der Waals surface area contributed by atoms with Gasteiger partial charge in [-0.3, -0.25) is 5.43 Å². The molecule has 0 aromatic rings. The van der Waals surface area contributed by atoms with Gasteiger partial charge in [0.15, 0.2) is 5.11 Å². The highest BCUT2D eigenvalue weighted by Gasteiger charge is 2.24. The van der Waals surface area contributed by atoms with Crippen LogP contribution in [0, 0.1) is 5.92 Å². The van der Waals surface area contributed by atoms with Gasteiger partial charge >= 0.3 is 0 Å². The fourth-order valence-electron chi connectivity index (χ4n) is 2.84. The summed E-state index contributed by atoms with van der Waals surface area (Å²) in [6, 6.07) is 0. The predicted octanol–water partition coefficient (Wildman–Crippen LogP) is 2.87. The third-order valence-corrected chi connectivity index (χ3v) is 3.75. The molecular weight excluding hydrogens is 230 g/mol. The maximum atomic E-state index is 5.43. The number of hydrazone groups is 1. The van der Waals surface area contributed by atoms with Crippen LogP contribution in [0.5, 0.6) is 0 Å². The first-order chi connectivity index (χ1) is 8.27. The van der Waals surface area contributed by atoms with Gasteiger partial charge in [0.2, 0.25) is 0 Å². The zero-order valence-corrected chi connectivity index (χ0v) is 11.1. The highest BCUT2D eigenvalue weighted by Crippen LogP contribution is 2.33. The van der Waals surface area contributed by atoms with E-state index in [0.717, 1.165) is 6.42 Å². The van der Waals surface area contributed by atoms with Gasteiger partial charge in [0.25, 0.3) is 0 Å². The zero-order chi connectivity index (χ0) is 12.1. The van der Waals surface area contributed by atoms with E-state index in [-0.39, 0.29) is 5.11 Å². The molecule has 1 fully saturated rings. The van der Waals surface area contributed by atoms with Gasteiger partial charge in [-0.05, 0) is 57.2 Å². The van der Waals surface area contributed by atoms with E-state index in [4.69, 9.17) is 18.0 Å². The van der Waals surface area contributed by atoms with E-state index in [2.05, 4.69) is 16.6 Å². The van der Waals surface area contributed by atoms with Gasteiger partial charge in [-0.2, -0.15) is 5.10 Å². The SMILES string of the molecule is NC(=S)N/N=C1/CCCC[C@H]1C1=CCCCC1. The molecule has 0 bridgehead atoms. The number of allylic oxidation sites excluding steroid dienone is 2. The second-order valence-corrected chi connectivity index (χ2v) is 5.34. The molecule has 17 heavy (non-hydrogen) atoms. The van der Waals surface area contributed by atoms with Crippen LogP contribution in [0.15, 0.2) is 16.8 Å². The molecule has 2 aliphatic rings. The minimum absolute atomic E-state index is 0.263. The Labute approximate surface area is 109 Å². The number of nitrogens with two attached hydrogens (primary N) is 1. The average molecular weight is 251 g/mol. The van der Waals surface area contributed by atoms with Crippen LogP contribution < -0.4 is 11.2 Å². The molecule has 0 spiro atoms. The number of nitrogens with one attached hydrogen (secondary N) is 1.